The van der Waals surface area contributed by atoms with E-state index >= 15 is 0 Å². The number of halogens is 2. The molecule has 6 heteroatoms. The van der Waals surface area contributed by atoms with Gasteiger partial charge in [-0.25, -0.2) is 0 Å². The minimum atomic E-state index is -0.712. The van der Waals surface area contributed by atoms with Gasteiger partial charge in [0.1, 0.15) is 6.04 Å². The van der Waals surface area contributed by atoms with Gasteiger partial charge < -0.3 is 10.2 Å². The van der Waals surface area contributed by atoms with Crippen molar-refractivity contribution in [2.45, 2.75) is 51.7 Å². The molecule has 0 bridgehead atoms. The van der Waals surface area contributed by atoms with Crippen LogP contribution < -0.4 is 5.32 Å². The Kier molecular flexibility index (Phi) is 8.76. The molecule has 3 rings (SSSR count). The summed E-state index contributed by atoms with van der Waals surface area (Å²) in [6, 6.07) is 23.6. The summed E-state index contributed by atoms with van der Waals surface area (Å²) in [6.45, 7) is 6.03. The summed E-state index contributed by atoms with van der Waals surface area (Å²) in [4.78, 5) is 28.9. The van der Waals surface area contributed by atoms with Crippen LogP contribution in [0.3, 0.4) is 0 Å². The van der Waals surface area contributed by atoms with E-state index in [1.54, 1.807) is 17.0 Å². The van der Waals surface area contributed by atoms with Crippen molar-refractivity contribution < 1.29 is 9.59 Å². The molecule has 0 fully saturated rings. The first-order valence-corrected chi connectivity index (χ1v) is 12.0. The Bertz CT molecular complexity index is 1130. The summed E-state index contributed by atoms with van der Waals surface area (Å²) in [5.74, 6) is -0.385. The first-order chi connectivity index (χ1) is 16.1. The van der Waals surface area contributed by atoms with Gasteiger partial charge in [-0.2, -0.15) is 0 Å². The minimum Gasteiger partial charge on any atom is -0.350 e. The summed E-state index contributed by atoms with van der Waals surface area (Å²) < 4.78 is 0. The standard InChI is InChI=1S/C28H30Cl2N2O2/c1-28(2,3)31-27(34)25(17-20-10-5-4-6-11-20)32(19-21-12-9-14-23(29)16-21)26(33)18-22-13-7-8-15-24(22)30/h4-16,25H,17-19H2,1-3H3,(H,31,34)/t25-/m0/s1. The number of carbonyl (C=O) groups is 2. The van der Waals surface area contributed by atoms with Gasteiger partial charge >= 0.3 is 0 Å². The molecule has 0 aliphatic carbocycles. The Balaban J connectivity index is 2.00. The molecule has 3 aromatic rings. The largest absolute Gasteiger partial charge is 0.350 e. The van der Waals surface area contributed by atoms with Crippen LogP contribution in [0.5, 0.6) is 0 Å². The number of amides is 2. The quantitative estimate of drug-likeness (QED) is 0.410. The molecule has 0 aliphatic heterocycles. The monoisotopic (exact) mass is 496 g/mol. The van der Waals surface area contributed by atoms with Crippen molar-refractivity contribution in [1.29, 1.82) is 0 Å². The van der Waals surface area contributed by atoms with Crippen LogP contribution in [-0.2, 0) is 29.0 Å². The molecular weight excluding hydrogens is 467 g/mol. The summed E-state index contributed by atoms with van der Waals surface area (Å²) >= 11 is 12.6. The average molecular weight is 497 g/mol. The van der Waals surface area contributed by atoms with E-state index < -0.39 is 11.6 Å². The average Bonchev–Trinajstić information content (AvgIpc) is 2.77. The van der Waals surface area contributed by atoms with Crippen molar-refractivity contribution in [1.82, 2.24) is 10.2 Å². The van der Waals surface area contributed by atoms with Crippen molar-refractivity contribution in [3.05, 3.63) is 106 Å². The zero-order chi connectivity index (χ0) is 24.7. The van der Waals surface area contributed by atoms with Gasteiger partial charge in [0.25, 0.3) is 0 Å². The molecule has 0 heterocycles. The molecule has 0 saturated carbocycles. The maximum absolute atomic E-state index is 13.7. The van der Waals surface area contributed by atoms with Crippen LogP contribution in [0.1, 0.15) is 37.5 Å². The topological polar surface area (TPSA) is 49.4 Å². The van der Waals surface area contributed by atoms with Crippen molar-refractivity contribution in [2.75, 3.05) is 0 Å². The molecule has 1 N–H and O–H groups in total. The third-order valence-electron chi connectivity index (χ3n) is 5.31. The van der Waals surface area contributed by atoms with Crippen LogP contribution in [0, 0.1) is 0 Å². The van der Waals surface area contributed by atoms with Gasteiger partial charge in [-0.15, -0.1) is 0 Å². The van der Waals surface area contributed by atoms with Gasteiger partial charge in [-0.3, -0.25) is 9.59 Å². The zero-order valence-corrected chi connectivity index (χ0v) is 21.2. The molecule has 0 unspecified atom stereocenters. The van der Waals surface area contributed by atoms with Crippen LogP contribution in [0.15, 0.2) is 78.9 Å². The van der Waals surface area contributed by atoms with Gasteiger partial charge in [0.05, 0.1) is 6.42 Å². The van der Waals surface area contributed by atoms with Crippen molar-refractivity contribution in [2.24, 2.45) is 0 Å². The number of hydrogen-bond donors (Lipinski definition) is 1. The van der Waals surface area contributed by atoms with E-state index in [0.717, 1.165) is 16.7 Å². The van der Waals surface area contributed by atoms with Gasteiger partial charge in [0, 0.05) is 28.5 Å². The Morgan fingerprint density at radius 3 is 2.18 bits per heavy atom. The molecule has 0 aromatic heterocycles. The van der Waals surface area contributed by atoms with E-state index in [1.165, 1.54) is 0 Å². The van der Waals surface area contributed by atoms with Gasteiger partial charge in [0.2, 0.25) is 11.8 Å². The molecule has 1 atom stereocenters. The van der Waals surface area contributed by atoms with Crippen molar-refractivity contribution in [3.8, 4) is 0 Å². The Labute approximate surface area is 211 Å². The normalized spacial score (nSPS) is 12.1. The highest BCUT2D eigenvalue weighted by Gasteiger charge is 2.32. The van der Waals surface area contributed by atoms with Crippen molar-refractivity contribution >= 4 is 35.0 Å². The van der Waals surface area contributed by atoms with Gasteiger partial charge in [-0.1, -0.05) is 83.9 Å². The fourth-order valence-corrected chi connectivity index (χ4v) is 4.16. The van der Waals surface area contributed by atoms with Crippen LogP contribution in [-0.4, -0.2) is 28.3 Å². The number of rotatable bonds is 8. The van der Waals surface area contributed by atoms with E-state index in [4.69, 9.17) is 23.2 Å². The minimum absolute atomic E-state index is 0.0916. The number of benzene rings is 3. The third kappa shape index (κ3) is 7.61. The molecule has 4 nitrogen and oxygen atoms in total. The molecule has 0 aliphatic rings. The highest BCUT2D eigenvalue weighted by Crippen LogP contribution is 2.21. The maximum Gasteiger partial charge on any atom is 0.243 e. The van der Waals surface area contributed by atoms with E-state index in [-0.39, 0.29) is 24.8 Å². The zero-order valence-electron chi connectivity index (χ0n) is 19.7. The first-order valence-electron chi connectivity index (χ1n) is 11.3. The lowest BCUT2D eigenvalue weighted by atomic mass is 10.00. The predicted molar refractivity (Wildman–Crippen MR) is 139 cm³/mol. The van der Waals surface area contributed by atoms with Gasteiger partial charge in [0.15, 0.2) is 0 Å². The summed E-state index contributed by atoms with van der Waals surface area (Å²) in [5.41, 5.74) is 2.10. The molecule has 2 amide bonds. The lowest BCUT2D eigenvalue weighted by Crippen LogP contribution is -2.54. The predicted octanol–water partition coefficient (Wildman–Crippen LogP) is 6.09. The highest BCUT2D eigenvalue weighted by atomic mass is 35.5. The summed E-state index contributed by atoms with van der Waals surface area (Å²) in [6.07, 6.45) is 0.478. The SMILES string of the molecule is CC(C)(C)NC(=O)[C@H](Cc1ccccc1)N(Cc1cccc(Cl)c1)C(=O)Cc1ccccc1Cl. The first kappa shape index (κ1) is 25.8. The molecule has 178 valence electrons. The Morgan fingerprint density at radius 2 is 1.53 bits per heavy atom. The van der Waals surface area contributed by atoms with Crippen LogP contribution in [0.4, 0.5) is 0 Å². The van der Waals surface area contributed by atoms with E-state index in [9.17, 15) is 9.59 Å². The summed E-state index contributed by atoms with van der Waals surface area (Å²) in [7, 11) is 0. The summed E-state index contributed by atoms with van der Waals surface area (Å²) in [5, 5.41) is 4.17. The highest BCUT2D eigenvalue weighted by molar-refractivity contribution is 6.31. The fraction of sp³-hybridized carbons (Fsp3) is 0.286. The Morgan fingerprint density at radius 1 is 0.882 bits per heavy atom. The maximum atomic E-state index is 13.7. The van der Waals surface area contributed by atoms with E-state index in [0.29, 0.717) is 16.5 Å². The van der Waals surface area contributed by atoms with Crippen LogP contribution in [0.25, 0.3) is 0 Å². The molecule has 0 saturated heterocycles. The smallest absolute Gasteiger partial charge is 0.243 e. The fourth-order valence-electron chi connectivity index (χ4n) is 3.75. The molecule has 0 spiro atoms. The lowest BCUT2D eigenvalue weighted by molar-refractivity contribution is -0.141. The number of nitrogens with one attached hydrogen (secondary N) is 1. The van der Waals surface area contributed by atoms with Gasteiger partial charge in [-0.05, 0) is 55.7 Å². The lowest BCUT2D eigenvalue weighted by Gasteiger charge is -2.34. The number of hydrogen-bond acceptors (Lipinski definition) is 2. The van der Waals surface area contributed by atoms with E-state index in [2.05, 4.69) is 5.32 Å². The second-order valence-electron chi connectivity index (χ2n) is 9.36. The second kappa shape index (κ2) is 11.5. The van der Waals surface area contributed by atoms with E-state index in [1.807, 2.05) is 87.5 Å². The number of carbonyl (C=O) groups excluding carboxylic acids is 2. The van der Waals surface area contributed by atoms with Crippen molar-refractivity contribution in [3.63, 3.8) is 0 Å². The molecule has 0 radical (unpaired) electrons. The molecule has 3 aromatic carbocycles. The van der Waals surface area contributed by atoms with Crippen LogP contribution >= 0.6 is 23.2 Å². The Hall–Kier alpha value is -2.82. The molecule has 34 heavy (non-hydrogen) atoms. The second-order valence-corrected chi connectivity index (χ2v) is 10.2. The third-order valence-corrected chi connectivity index (χ3v) is 5.91. The van der Waals surface area contributed by atoms with Crippen LogP contribution in [0.2, 0.25) is 10.0 Å². The number of nitrogens with zero attached hydrogens (tertiary/aromatic N) is 1. The molecular formula is C28H30Cl2N2O2.